The Hall–Kier alpha value is -4.88. The number of nitrogens with zero attached hydrogens (tertiary/aromatic N) is 10. The highest BCUT2D eigenvalue weighted by Crippen LogP contribution is 2.18. The van der Waals surface area contributed by atoms with Gasteiger partial charge in [0.05, 0.1) is 12.4 Å². The van der Waals surface area contributed by atoms with Crippen molar-refractivity contribution >= 4 is 24.3 Å². The number of ether oxygens (including phenoxy) is 2. The Bertz CT molecular complexity index is 1140. The summed E-state index contributed by atoms with van der Waals surface area (Å²) < 4.78 is 11.7. The fourth-order valence-electron chi connectivity index (χ4n) is 2.52. The second-order valence-corrected chi connectivity index (χ2v) is 6.11. The molecule has 0 amide bonds. The average Bonchev–Trinajstić information content (AvgIpc) is 3.42. The minimum Gasteiger partial charge on any atom is -0.489 e. The van der Waals surface area contributed by atoms with E-state index in [1.165, 1.54) is 0 Å². The normalized spacial score (nSPS) is 11.4. The van der Waals surface area contributed by atoms with E-state index in [4.69, 9.17) is 20.9 Å². The minimum atomic E-state index is 0.0815. The standard InChI is InChI=1S/C18H18N12O2/c19-17-23-25-27-29(17)21-11-13-5-1-3-7-15(13)31-9-10-32-16-8-4-2-6-14(16)12-22-30-18(20)24-26-28-30/h1-8,11-12H,9-10H2,(H2,19,23,27)(H2,20,24,28). The van der Waals surface area contributed by atoms with E-state index < -0.39 is 0 Å². The summed E-state index contributed by atoms with van der Waals surface area (Å²) in [5, 5.41) is 29.5. The molecule has 0 aliphatic carbocycles. The van der Waals surface area contributed by atoms with Gasteiger partial charge in [-0.3, -0.25) is 0 Å². The third-order valence-electron chi connectivity index (χ3n) is 4.00. The Morgan fingerprint density at radius 1 is 0.719 bits per heavy atom. The van der Waals surface area contributed by atoms with E-state index in [2.05, 4.69) is 41.3 Å². The summed E-state index contributed by atoms with van der Waals surface area (Å²) >= 11 is 0. The first kappa shape index (κ1) is 20.4. The van der Waals surface area contributed by atoms with Gasteiger partial charge in [-0.15, -0.1) is 0 Å². The van der Waals surface area contributed by atoms with Gasteiger partial charge < -0.3 is 20.9 Å². The maximum Gasteiger partial charge on any atom is 0.263 e. The first-order chi connectivity index (χ1) is 15.7. The summed E-state index contributed by atoms with van der Waals surface area (Å²) in [6, 6.07) is 14.8. The quantitative estimate of drug-likeness (QED) is 0.269. The predicted octanol–water partition coefficient (Wildman–Crippen LogP) is 0.0462. The molecule has 32 heavy (non-hydrogen) atoms. The smallest absolute Gasteiger partial charge is 0.263 e. The molecule has 0 bridgehead atoms. The molecular weight excluding hydrogens is 416 g/mol. The van der Waals surface area contributed by atoms with Crippen molar-refractivity contribution < 1.29 is 9.47 Å². The van der Waals surface area contributed by atoms with Crippen LogP contribution >= 0.6 is 0 Å². The van der Waals surface area contributed by atoms with E-state index >= 15 is 0 Å². The van der Waals surface area contributed by atoms with Crippen LogP contribution in [-0.4, -0.2) is 66.3 Å². The Balaban J connectivity index is 1.36. The van der Waals surface area contributed by atoms with Crippen LogP contribution in [0.5, 0.6) is 11.5 Å². The van der Waals surface area contributed by atoms with Gasteiger partial charge >= 0.3 is 0 Å². The number of nitrogen functional groups attached to an aromatic ring is 2. The number of anilines is 2. The van der Waals surface area contributed by atoms with Gasteiger partial charge in [-0.1, -0.05) is 44.0 Å². The maximum absolute atomic E-state index is 5.84. The highest BCUT2D eigenvalue weighted by atomic mass is 16.5. The number of tetrazole rings is 2. The van der Waals surface area contributed by atoms with Crippen molar-refractivity contribution in [3.05, 3.63) is 59.7 Å². The van der Waals surface area contributed by atoms with Crippen molar-refractivity contribution in [2.75, 3.05) is 24.7 Å². The Kier molecular flexibility index (Phi) is 6.21. The molecule has 2 aromatic carbocycles. The monoisotopic (exact) mass is 434 g/mol. The first-order valence-electron chi connectivity index (χ1n) is 9.31. The van der Waals surface area contributed by atoms with Crippen molar-refractivity contribution in [3.8, 4) is 11.5 Å². The van der Waals surface area contributed by atoms with Crippen LogP contribution in [-0.2, 0) is 0 Å². The molecule has 4 N–H and O–H groups in total. The molecular formula is C18H18N12O2. The molecule has 0 aliphatic heterocycles. The highest BCUT2D eigenvalue weighted by molar-refractivity contribution is 5.84. The second-order valence-electron chi connectivity index (χ2n) is 6.11. The van der Waals surface area contributed by atoms with Crippen molar-refractivity contribution in [3.63, 3.8) is 0 Å². The summed E-state index contributed by atoms with van der Waals surface area (Å²) in [6.07, 6.45) is 3.11. The molecule has 0 saturated heterocycles. The average molecular weight is 434 g/mol. The van der Waals surface area contributed by atoms with Crippen LogP contribution in [0, 0.1) is 0 Å². The largest absolute Gasteiger partial charge is 0.489 e. The molecule has 0 spiro atoms. The van der Waals surface area contributed by atoms with Crippen LogP contribution in [0.25, 0.3) is 0 Å². The maximum atomic E-state index is 5.84. The van der Waals surface area contributed by atoms with Gasteiger partial charge in [0, 0.05) is 11.1 Å². The number of nitrogens with two attached hydrogens (primary N) is 2. The van der Waals surface area contributed by atoms with E-state index in [1.807, 2.05) is 48.5 Å². The third-order valence-corrected chi connectivity index (χ3v) is 4.00. The number of para-hydroxylation sites is 2. The van der Waals surface area contributed by atoms with E-state index in [-0.39, 0.29) is 11.9 Å². The number of hydrogen-bond donors (Lipinski definition) is 2. The van der Waals surface area contributed by atoms with Gasteiger partial charge in [-0.2, -0.15) is 10.2 Å². The van der Waals surface area contributed by atoms with Crippen molar-refractivity contribution in [2.45, 2.75) is 0 Å². The Morgan fingerprint density at radius 2 is 1.16 bits per heavy atom. The SMILES string of the molecule is Nc1nnnn1N=Cc1ccccc1OCCOc1ccccc1C=Nn1nnnc1N. The molecule has 2 heterocycles. The molecule has 4 aromatic rings. The van der Waals surface area contributed by atoms with Crippen LogP contribution in [0.1, 0.15) is 11.1 Å². The minimum absolute atomic E-state index is 0.0815. The van der Waals surface area contributed by atoms with Gasteiger partial charge in [0.25, 0.3) is 11.9 Å². The molecule has 162 valence electrons. The number of rotatable bonds is 9. The first-order valence-corrected chi connectivity index (χ1v) is 9.31. The number of hydrogen-bond acceptors (Lipinski definition) is 12. The summed E-state index contributed by atoms with van der Waals surface area (Å²) in [5.74, 6) is 1.40. The van der Waals surface area contributed by atoms with Gasteiger partial charge in [-0.05, 0) is 45.1 Å². The fourth-order valence-corrected chi connectivity index (χ4v) is 2.52. The molecule has 0 unspecified atom stereocenters. The van der Waals surface area contributed by atoms with Gasteiger partial charge in [0.15, 0.2) is 0 Å². The molecule has 0 atom stereocenters. The van der Waals surface area contributed by atoms with Crippen LogP contribution < -0.4 is 20.9 Å². The van der Waals surface area contributed by atoms with Crippen molar-refractivity contribution in [2.24, 2.45) is 10.2 Å². The van der Waals surface area contributed by atoms with Gasteiger partial charge in [0.2, 0.25) is 0 Å². The molecule has 14 heteroatoms. The summed E-state index contributed by atoms with van der Waals surface area (Å²) in [6.45, 7) is 0.590. The van der Waals surface area contributed by atoms with E-state index in [1.54, 1.807) is 12.4 Å². The molecule has 14 nitrogen and oxygen atoms in total. The zero-order chi connectivity index (χ0) is 22.2. The number of benzene rings is 2. The molecule has 0 aliphatic rings. The molecule has 0 radical (unpaired) electrons. The molecule has 4 rings (SSSR count). The summed E-state index contributed by atoms with van der Waals surface area (Å²) in [7, 11) is 0. The van der Waals surface area contributed by atoms with Crippen LogP contribution in [0.2, 0.25) is 0 Å². The lowest BCUT2D eigenvalue weighted by Crippen LogP contribution is -2.11. The van der Waals surface area contributed by atoms with Crippen LogP contribution in [0.4, 0.5) is 11.9 Å². The van der Waals surface area contributed by atoms with E-state index in [0.717, 1.165) is 20.7 Å². The Morgan fingerprint density at radius 3 is 1.56 bits per heavy atom. The zero-order valence-corrected chi connectivity index (χ0v) is 16.6. The highest BCUT2D eigenvalue weighted by Gasteiger charge is 2.05. The van der Waals surface area contributed by atoms with Gasteiger partial charge in [-0.25, -0.2) is 0 Å². The van der Waals surface area contributed by atoms with Crippen molar-refractivity contribution in [1.29, 1.82) is 0 Å². The summed E-state index contributed by atoms with van der Waals surface area (Å²) in [4.78, 5) is 2.22. The second kappa shape index (κ2) is 9.75. The van der Waals surface area contributed by atoms with Crippen molar-refractivity contribution in [1.82, 2.24) is 40.6 Å². The topological polar surface area (TPSA) is 182 Å². The summed E-state index contributed by atoms with van der Waals surface area (Å²) in [5.41, 5.74) is 12.7. The zero-order valence-electron chi connectivity index (χ0n) is 16.6. The van der Waals surface area contributed by atoms with Crippen LogP contribution in [0.3, 0.4) is 0 Å². The lowest BCUT2D eigenvalue weighted by Gasteiger charge is -2.11. The van der Waals surface area contributed by atoms with E-state index in [9.17, 15) is 0 Å². The fraction of sp³-hybridized carbons (Fsp3) is 0.111. The van der Waals surface area contributed by atoms with Crippen LogP contribution in [0.15, 0.2) is 58.7 Å². The predicted molar refractivity (Wildman–Crippen MR) is 114 cm³/mol. The van der Waals surface area contributed by atoms with E-state index in [0.29, 0.717) is 24.7 Å². The molecule has 0 fully saturated rings. The molecule has 0 saturated carbocycles. The lowest BCUT2D eigenvalue weighted by atomic mass is 10.2. The molecule has 2 aromatic heterocycles. The third kappa shape index (κ3) is 4.99. The lowest BCUT2D eigenvalue weighted by molar-refractivity contribution is 0.217. The van der Waals surface area contributed by atoms with Gasteiger partial charge in [0.1, 0.15) is 24.7 Å². The Labute approximate surface area is 181 Å². The number of aromatic nitrogens is 8.